The van der Waals surface area contributed by atoms with E-state index in [4.69, 9.17) is 0 Å². The maximum atomic E-state index is 12.1. The molecule has 3 nitrogen and oxygen atoms in total. The molecule has 0 saturated carbocycles. The monoisotopic (exact) mass is 278 g/mol. The maximum absolute atomic E-state index is 12.1. The number of ether oxygens (including phenoxy) is 1. The van der Waals surface area contributed by atoms with Crippen molar-refractivity contribution in [2.24, 2.45) is 0 Å². The molecule has 2 rings (SSSR count). The Balaban J connectivity index is 2.07. The first-order chi connectivity index (χ1) is 9.69. The minimum atomic E-state index is -2.80. The number of nitrogens with zero attached hydrogens (tertiary/aromatic N) is 1. The highest BCUT2D eigenvalue weighted by molar-refractivity contribution is 5.30. The number of likely N-dealkylation sites (N-methyl/N-ethyl adjacent to an activating group) is 1. The van der Waals surface area contributed by atoms with Crippen molar-refractivity contribution in [3.8, 4) is 5.75 Å². The second-order valence-electron chi connectivity index (χ2n) is 4.31. The molecule has 1 aromatic heterocycles. The van der Waals surface area contributed by atoms with Crippen molar-refractivity contribution >= 4 is 0 Å². The van der Waals surface area contributed by atoms with E-state index in [0.29, 0.717) is 0 Å². The van der Waals surface area contributed by atoms with E-state index >= 15 is 0 Å². The van der Waals surface area contributed by atoms with Crippen LogP contribution in [0.5, 0.6) is 5.75 Å². The van der Waals surface area contributed by atoms with Crippen LogP contribution in [-0.4, -0.2) is 18.6 Å². The molecule has 5 heteroatoms. The second-order valence-corrected chi connectivity index (χ2v) is 4.31. The summed E-state index contributed by atoms with van der Waals surface area (Å²) in [6, 6.07) is 12.5. The zero-order valence-corrected chi connectivity index (χ0v) is 11.1. The number of pyridine rings is 1. The van der Waals surface area contributed by atoms with Gasteiger partial charge in [-0.25, -0.2) is 0 Å². The van der Waals surface area contributed by atoms with Gasteiger partial charge >= 0.3 is 6.61 Å². The van der Waals surface area contributed by atoms with E-state index in [1.54, 1.807) is 30.5 Å². The Bertz CT molecular complexity index is 517. The number of hydrogen-bond donors (Lipinski definition) is 1. The molecule has 0 fully saturated rings. The van der Waals surface area contributed by atoms with Crippen LogP contribution in [-0.2, 0) is 6.42 Å². The van der Waals surface area contributed by atoms with E-state index in [-0.39, 0.29) is 11.8 Å². The third-order valence-electron chi connectivity index (χ3n) is 3.00. The summed E-state index contributed by atoms with van der Waals surface area (Å²) >= 11 is 0. The van der Waals surface area contributed by atoms with Crippen molar-refractivity contribution in [3.63, 3.8) is 0 Å². The van der Waals surface area contributed by atoms with Gasteiger partial charge in [0.25, 0.3) is 0 Å². The number of benzene rings is 1. The SMILES string of the molecule is CNC(Cc1ccccn1)c1ccc(OC(F)F)cc1. The van der Waals surface area contributed by atoms with Gasteiger partial charge in [-0.05, 0) is 36.9 Å². The van der Waals surface area contributed by atoms with Gasteiger partial charge in [0.1, 0.15) is 5.75 Å². The van der Waals surface area contributed by atoms with Crippen LogP contribution in [0.2, 0.25) is 0 Å². The predicted octanol–water partition coefficient (Wildman–Crippen LogP) is 3.19. The average molecular weight is 278 g/mol. The van der Waals surface area contributed by atoms with Crippen LogP contribution in [0.4, 0.5) is 8.78 Å². The van der Waals surface area contributed by atoms with Crippen LogP contribution in [0.3, 0.4) is 0 Å². The summed E-state index contributed by atoms with van der Waals surface area (Å²) in [6.07, 6.45) is 2.48. The van der Waals surface area contributed by atoms with Crippen LogP contribution in [0.15, 0.2) is 48.7 Å². The minimum absolute atomic E-state index is 0.0745. The molecule has 0 aliphatic carbocycles. The Morgan fingerprint density at radius 2 is 1.90 bits per heavy atom. The third-order valence-corrected chi connectivity index (χ3v) is 3.00. The molecule has 1 aromatic carbocycles. The summed E-state index contributed by atoms with van der Waals surface area (Å²) in [7, 11) is 1.86. The smallest absolute Gasteiger partial charge is 0.387 e. The molecule has 0 radical (unpaired) electrons. The van der Waals surface area contributed by atoms with Gasteiger partial charge in [0.2, 0.25) is 0 Å². The Hall–Kier alpha value is -2.01. The van der Waals surface area contributed by atoms with Crippen LogP contribution in [0.1, 0.15) is 17.3 Å². The van der Waals surface area contributed by atoms with Crippen molar-refractivity contribution in [2.75, 3.05) is 7.05 Å². The van der Waals surface area contributed by atoms with Gasteiger partial charge in [-0.15, -0.1) is 0 Å². The fourth-order valence-electron chi connectivity index (χ4n) is 2.00. The first kappa shape index (κ1) is 14.4. The third kappa shape index (κ3) is 3.99. The summed E-state index contributed by atoms with van der Waals surface area (Å²) in [5.41, 5.74) is 1.97. The highest BCUT2D eigenvalue weighted by Gasteiger charge is 2.11. The Kier molecular flexibility index (Phi) is 5.01. The normalized spacial score (nSPS) is 12.4. The van der Waals surface area contributed by atoms with Gasteiger partial charge in [0.05, 0.1) is 0 Å². The van der Waals surface area contributed by atoms with Crippen LogP contribution in [0.25, 0.3) is 0 Å². The molecule has 0 bridgehead atoms. The molecule has 1 heterocycles. The number of aromatic nitrogens is 1. The second kappa shape index (κ2) is 6.96. The summed E-state index contributed by atoms with van der Waals surface area (Å²) in [4.78, 5) is 4.29. The van der Waals surface area contributed by atoms with Crippen molar-refractivity contribution < 1.29 is 13.5 Å². The van der Waals surface area contributed by atoms with Gasteiger partial charge in [-0.1, -0.05) is 18.2 Å². The molecule has 0 aliphatic rings. The van der Waals surface area contributed by atoms with Gasteiger partial charge in [0.15, 0.2) is 0 Å². The van der Waals surface area contributed by atoms with E-state index in [9.17, 15) is 8.78 Å². The molecule has 0 amide bonds. The van der Waals surface area contributed by atoms with Gasteiger partial charge < -0.3 is 10.1 Å². The van der Waals surface area contributed by atoms with Crippen LogP contribution >= 0.6 is 0 Å². The lowest BCUT2D eigenvalue weighted by Crippen LogP contribution is -2.19. The quantitative estimate of drug-likeness (QED) is 0.881. The Morgan fingerprint density at radius 1 is 1.15 bits per heavy atom. The lowest BCUT2D eigenvalue weighted by Gasteiger charge is -2.16. The molecular weight excluding hydrogens is 262 g/mol. The summed E-state index contributed by atoms with van der Waals surface area (Å²) in [5, 5.41) is 3.20. The average Bonchev–Trinajstić information content (AvgIpc) is 2.46. The van der Waals surface area contributed by atoms with Crippen molar-refractivity contribution in [1.29, 1.82) is 0 Å². The minimum Gasteiger partial charge on any atom is -0.435 e. The topological polar surface area (TPSA) is 34.2 Å². The molecule has 1 unspecified atom stereocenters. The molecule has 0 aliphatic heterocycles. The zero-order chi connectivity index (χ0) is 14.4. The number of nitrogens with one attached hydrogen (secondary N) is 1. The van der Waals surface area contributed by atoms with E-state index in [1.807, 2.05) is 25.2 Å². The van der Waals surface area contributed by atoms with Crippen molar-refractivity contribution in [2.45, 2.75) is 19.1 Å². The molecule has 2 aromatic rings. The maximum Gasteiger partial charge on any atom is 0.387 e. The molecule has 1 atom stereocenters. The van der Waals surface area contributed by atoms with Gasteiger partial charge in [0, 0.05) is 24.4 Å². The number of hydrogen-bond acceptors (Lipinski definition) is 3. The largest absolute Gasteiger partial charge is 0.435 e. The first-order valence-corrected chi connectivity index (χ1v) is 6.31. The van der Waals surface area contributed by atoms with E-state index < -0.39 is 6.61 Å². The lowest BCUT2D eigenvalue weighted by atomic mass is 10.0. The van der Waals surface area contributed by atoms with Crippen molar-refractivity contribution in [1.82, 2.24) is 10.3 Å². The fraction of sp³-hybridized carbons (Fsp3) is 0.267. The zero-order valence-electron chi connectivity index (χ0n) is 11.1. The highest BCUT2D eigenvalue weighted by atomic mass is 19.3. The van der Waals surface area contributed by atoms with Gasteiger partial charge in [-0.3, -0.25) is 4.98 Å². The first-order valence-electron chi connectivity index (χ1n) is 6.31. The van der Waals surface area contributed by atoms with Crippen LogP contribution < -0.4 is 10.1 Å². The predicted molar refractivity (Wildman–Crippen MR) is 72.8 cm³/mol. The van der Waals surface area contributed by atoms with E-state index in [2.05, 4.69) is 15.0 Å². The molecule has 1 N–H and O–H groups in total. The summed E-state index contributed by atoms with van der Waals surface area (Å²) < 4.78 is 28.5. The summed E-state index contributed by atoms with van der Waals surface area (Å²) in [6.45, 7) is -2.80. The van der Waals surface area contributed by atoms with Crippen molar-refractivity contribution in [3.05, 3.63) is 59.9 Å². The molecule has 106 valence electrons. The number of alkyl halides is 2. The number of halogens is 2. The molecule has 0 spiro atoms. The van der Waals surface area contributed by atoms with Gasteiger partial charge in [-0.2, -0.15) is 8.78 Å². The fourth-order valence-corrected chi connectivity index (χ4v) is 2.00. The lowest BCUT2D eigenvalue weighted by molar-refractivity contribution is -0.0498. The van der Waals surface area contributed by atoms with E-state index in [1.165, 1.54) is 0 Å². The Labute approximate surface area is 116 Å². The molecular formula is C15H16F2N2O. The Morgan fingerprint density at radius 3 is 2.45 bits per heavy atom. The molecule has 20 heavy (non-hydrogen) atoms. The molecule has 0 saturated heterocycles. The van der Waals surface area contributed by atoms with E-state index in [0.717, 1.165) is 17.7 Å². The standard InChI is InChI=1S/C15H16F2N2O/c1-18-14(10-12-4-2-3-9-19-12)11-5-7-13(8-6-11)20-15(16)17/h2-9,14-15,18H,10H2,1H3. The van der Waals surface area contributed by atoms with Crippen LogP contribution in [0, 0.1) is 0 Å². The summed E-state index contributed by atoms with van der Waals surface area (Å²) in [5.74, 6) is 0.163. The highest BCUT2D eigenvalue weighted by Crippen LogP contribution is 2.21. The number of rotatable bonds is 6.